The normalized spacial score (nSPS) is 12.9. The number of hydrogen-bond acceptors (Lipinski definition) is 2. The van der Waals surface area contributed by atoms with E-state index in [1.807, 2.05) is 19.2 Å². The average molecular weight is 201 g/mol. The number of rotatable bonds is 3. The Morgan fingerprint density at radius 2 is 2.20 bits per heavy atom. The Morgan fingerprint density at radius 3 is 3.00 bits per heavy atom. The van der Waals surface area contributed by atoms with E-state index in [1.165, 1.54) is 5.56 Å². The SMILES string of the molecule is CC(CO)Cc1ccc2cccnc2c1. The fourth-order valence-electron chi connectivity index (χ4n) is 1.71. The van der Waals surface area contributed by atoms with Crippen molar-refractivity contribution in [2.45, 2.75) is 13.3 Å². The summed E-state index contributed by atoms with van der Waals surface area (Å²) in [4.78, 5) is 4.31. The molecule has 0 saturated carbocycles. The minimum atomic E-state index is 0.236. The molecular formula is C13H15NO. The molecule has 2 heteroatoms. The Labute approximate surface area is 89.6 Å². The van der Waals surface area contributed by atoms with Crippen LogP contribution in [0.1, 0.15) is 12.5 Å². The molecule has 0 radical (unpaired) electrons. The number of nitrogens with zero attached hydrogens (tertiary/aromatic N) is 1. The molecule has 1 atom stereocenters. The van der Waals surface area contributed by atoms with Crippen molar-refractivity contribution in [3.8, 4) is 0 Å². The van der Waals surface area contributed by atoms with E-state index in [4.69, 9.17) is 5.11 Å². The Kier molecular flexibility index (Phi) is 2.97. The lowest BCUT2D eigenvalue weighted by molar-refractivity contribution is 0.237. The maximum atomic E-state index is 8.99. The van der Waals surface area contributed by atoms with E-state index in [-0.39, 0.29) is 6.61 Å². The number of aliphatic hydroxyl groups is 1. The molecule has 0 aliphatic heterocycles. The van der Waals surface area contributed by atoms with Crippen LogP contribution in [0.2, 0.25) is 0 Å². The van der Waals surface area contributed by atoms with Crippen molar-refractivity contribution in [1.82, 2.24) is 4.98 Å². The molecule has 0 amide bonds. The number of fused-ring (bicyclic) bond motifs is 1. The Hall–Kier alpha value is -1.41. The van der Waals surface area contributed by atoms with Gasteiger partial charge in [0, 0.05) is 18.2 Å². The number of benzene rings is 1. The predicted molar refractivity (Wildman–Crippen MR) is 61.7 cm³/mol. The van der Waals surface area contributed by atoms with Gasteiger partial charge in [0.25, 0.3) is 0 Å². The number of pyridine rings is 1. The zero-order chi connectivity index (χ0) is 10.7. The standard InChI is InChI=1S/C13H15NO/c1-10(9-15)7-11-4-5-12-3-2-6-14-13(12)8-11/h2-6,8,10,15H,7,9H2,1H3. The van der Waals surface area contributed by atoms with Gasteiger partial charge in [-0.2, -0.15) is 0 Å². The molecule has 1 heterocycles. The van der Waals surface area contributed by atoms with Crippen molar-refractivity contribution >= 4 is 10.9 Å². The highest BCUT2D eigenvalue weighted by Crippen LogP contribution is 2.15. The van der Waals surface area contributed by atoms with E-state index in [0.29, 0.717) is 5.92 Å². The van der Waals surface area contributed by atoms with Gasteiger partial charge in [0.2, 0.25) is 0 Å². The van der Waals surface area contributed by atoms with Gasteiger partial charge in [0.1, 0.15) is 0 Å². The van der Waals surface area contributed by atoms with Gasteiger partial charge in [-0.15, -0.1) is 0 Å². The van der Waals surface area contributed by atoms with Crippen LogP contribution in [0.4, 0.5) is 0 Å². The summed E-state index contributed by atoms with van der Waals surface area (Å²) in [6.45, 7) is 2.28. The molecule has 2 aromatic rings. The second kappa shape index (κ2) is 4.41. The van der Waals surface area contributed by atoms with Crippen molar-refractivity contribution < 1.29 is 5.11 Å². The summed E-state index contributed by atoms with van der Waals surface area (Å²) in [5, 5.41) is 10.2. The third kappa shape index (κ3) is 2.34. The first-order chi connectivity index (χ1) is 7.29. The summed E-state index contributed by atoms with van der Waals surface area (Å²) in [5.41, 5.74) is 2.27. The van der Waals surface area contributed by atoms with Gasteiger partial charge >= 0.3 is 0 Å². The second-order valence-corrected chi connectivity index (χ2v) is 4.02. The van der Waals surface area contributed by atoms with Crippen molar-refractivity contribution in [3.63, 3.8) is 0 Å². The fourth-order valence-corrected chi connectivity index (χ4v) is 1.71. The summed E-state index contributed by atoms with van der Waals surface area (Å²) >= 11 is 0. The van der Waals surface area contributed by atoms with Crippen LogP contribution < -0.4 is 0 Å². The minimum absolute atomic E-state index is 0.236. The van der Waals surface area contributed by atoms with Crippen LogP contribution in [0.25, 0.3) is 10.9 Å². The van der Waals surface area contributed by atoms with Gasteiger partial charge < -0.3 is 5.11 Å². The molecule has 2 rings (SSSR count). The number of aliphatic hydroxyl groups excluding tert-OH is 1. The maximum Gasteiger partial charge on any atom is 0.0704 e. The van der Waals surface area contributed by atoms with Crippen LogP contribution in [0.15, 0.2) is 36.5 Å². The summed E-state index contributed by atoms with van der Waals surface area (Å²) in [6, 6.07) is 10.3. The summed E-state index contributed by atoms with van der Waals surface area (Å²) < 4.78 is 0. The molecule has 1 aromatic heterocycles. The Morgan fingerprint density at radius 1 is 1.33 bits per heavy atom. The molecule has 1 unspecified atom stereocenters. The first-order valence-corrected chi connectivity index (χ1v) is 5.24. The predicted octanol–water partition coefficient (Wildman–Crippen LogP) is 2.41. The molecule has 1 N–H and O–H groups in total. The van der Waals surface area contributed by atoms with Crippen molar-refractivity contribution in [3.05, 3.63) is 42.1 Å². The van der Waals surface area contributed by atoms with Gasteiger partial charge in [0.05, 0.1) is 5.52 Å². The molecule has 0 saturated heterocycles. The van der Waals surface area contributed by atoms with Crippen LogP contribution in [0.3, 0.4) is 0 Å². The van der Waals surface area contributed by atoms with E-state index < -0.39 is 0 Å². The van der Waals surface area contributed by atoms with Gasteiger partial charge in [0.15, 0.2) is 0 Å². The van der Waals surface area contributed by atoms with Crippen LogP contribution in [0.5, 0.6) is 0 Å². The summed E-state index contributed by atoms with van der Waals surface area (Å²) in [7, 11) is 0. The largest absolute Gasteiger partial charge is 0.396 e. The molecular weight excluding hydrogens is 186 g/mol. The molecule has 15 heavy (non-hydrogen) atoms. The molecule has 2 nitrogen and oxygen atoms in total. The molecule has 0 bridgehead atoms. The smallest absolute Gasteiger partial charge is 0.0704 e. The zero-order valence-corrected chi connectivity index (χ0v) is 8.85. The molecule has 78 valence electrons. The lowest BCUT2D eigenvalue weighted by Gasteiger charge is -2.08. The zero-order valence-electron chi connectivity index (χ0n) is 8.85. The van der Waals surface area contributed by atoms with Crippen molar-refractivity contribution in [2.75, 3.05) is 6.61 Å². The van der Waals surface area contributed by atoms with E-state index in [1.54, 1.807) is 0 Å². The van der Waals surface area contributed by atoms with Crippen molar-refractivity contribution in [1.29, 1.82) is 0 Å². The van der Waals surface area contributed by atoms with Crippen LogP contribution in [-0.4, -0.2) is 16.7 Å². The van der Waals surface area contributed by atoms with Crippen LogP contribution in [-0.2, 0) is 6.42 Å². The third-order valence-electron chi connectivity index (χ3n) is 2.57. The van der Waals surface area contributed by atoms with Crippen molar-refractivity contribution in [2.24, 2.45) is 5.92 Å². The summed E-state index contributed by atoms with van der Waals surface area (Å²) in [5.74, 6) is 0.311. The summed E-state index contributed by atoms with van der Waals surface area (Å²) in [6.07, 6.45) is 2.71. The van der Waals surface area contributed by atoms with Gasteiger partial charge in [-0.3, -0.25) is 4.98 Å². The van der Waals surface area contributed by atoms with E-state index >= 15 is 0 Å². The van der Waals surface area contributed by atoms with E-state index in [2.05, 4.69) is 29.2 Å². The van der Waals surface area contributed by atoms with Gasteiger partial charge in [-0.1, -0.05) is 25.1 Å². The Bertz CT molecular complexity index is 453. The lowest BCUT2D eigenvalue weighted by Crippen LogP contribution is -2.04. The highest BCUT2D eigenvalue weighted by molar-refractivity contribution is 5.78. The molecule has 0 fully saturated rings. The first kappa shape index (κ1) is 10.1. The molecule has 0 aliphatic rings. The lowest BCUT2D eigenvalue weighted by atomic mass is 10.0. The molecule has 0 aliphatic carbocycles. The third-order valence-corrected chi connectivity index (χ3v) is 2.57. The van der Waals surface area contributed by atoms with E-state index in [0.717, 1.165) is 17.3 Å². The topological polar surface area (TPSA) is 33.1 Å². The van der Waals surface area contributed by atoms with Crippen LogP contribution in [0, 0.1) is 5.92 Å². The first-order valence-electron chi connectivity index (χ1n) is 5.24. The van der Waals surface area contributed by atoms with Gasteiger partial charge in [-0.05, 0) is 30.0 Å². The average Bonchev–Trinajstić information content (AvgIpc) is 2.29. The quantitative estimate of drug-likeness (QED) is 0.827. The number of hydrogen-bond donors (Lipinski definition) is 1. The number of aromatic nitrogens is 1. The molecule has 0 spiro atoms. The Balaban J connectivity index is 2.30. The van der Waals surface area contributed by atoms with Gasteiger partial charge in [-0.25, -0.2) is 0 Å². The highest BCUT2D eigenvalue weighted by Gasteiger charge is 2.02. The van der Waals surface area contributed by atoms with E-state index in [9.17, 15) is 0 Å². The maximum absolute atomic E-state index is 8.99. The monoisotopic (exact) mass is 201 g/mol. The minimum Gasteiger partial charge on any atom is -0.396 e. The van der Waals surface area contributed by atoms with Crippen LogP contribution >= 0.6 is 0 Å². The second-order valence-electron chi connectivity index (χ2n) is 4.02. The fraction of sp³-hybridized carbons (Fsp3) is 0.308. The highest BCUT2D eigenvalue weighted by atomic mass is 16.3. The molecule has 1 aromatic carbocycles.